The van der Waals surface area contributed by atoms with Crippen molar-refractivity contribution in [2.75, 3.05) is 13.1 Å². The number of hydrogen-bond donors (Lipinski definition) is 0. The quantitative estimate of drug-likeness (QED) is 0.545. The van der Waals surface area contributed by atoms with Crippen molar-refractivity contribution in [3.05, 3.63) is 11.5 Å². The van der Waals surface area contributed by atoms with E-state index in [4.69, 9.17) is 0 Å². The largest absolute Gasteiger partial charge is 0.247 e. The van der Waals surface area contributed by atoms with Crippen LogP contribution >= 0.6 is 11.9 Å². The SMILES string of the molecule is C/C=C/SN1CCCC1. The van der Waals surface area contributed by atoms with Crippen molar-refractivity contribution in [1.29, 1.82) is 0 Å². The molecular formula is C7H13NS. The van der Waals surface area contributed by atoms with Gasteiger partial charge in [-0.15, -0.1) is 0 Å². The second-order valence-corrected chi connectivity index (χ2v) is 3.21. The molecule has 1 saturated heterocycles. The van der Waals surface area contributed by atoms with Crippen molar-refractivity contribution in [3.63, 3.8) is 0 Å². The lowest BCUT2D eigenvalue weighted by molar-refractivity contribution is 0.590. The Morgan fingerprint density at radius 3 is 2.56 bits per heavy atom. The number of nitrogens with zero attached hydrogens (tertiary/aromatic N) is 1. The van der Waals surface area contributed by atoms with E-state index in [1.54, 1.807) is 0 Å². The zero-order chi connectivity index (χ0) is 6.53. The van der Waals surface area contributed by atoms with Gasteiger partial charge in [-0.25, -0.2) is 4.31 Å². The first-order chi connectivity index (χ1) is 4.43. The Bertz CT molecular complexity index is 95.1. The van der Waals surface area contributed by atoms with Crippen LogP contribution in [0, 0.1) is 0 Å². The third kappa shape index (κ3) is 2.41. The molecular weight excluding hydrogens is 130 g/mol. The minimum atomic E-state index is 1.27. The molecule has 0 amide bonds. The van der Waals surface area contributed by atoms with Gasteiger partial charge in [0.1, 0.15) is 0 Å². The van der Waals surface area contributed by atoms with Gasteiger partial charge in [-0.3, -0.25) is 0 Å². The van der Waals surface area contributed by atoms with Gasteiger partial charge in [-0.05, 0) is 25.2 Å². The van der Waals surface area contributed by atoms with Crippen molar-refractivity contribution in [1.82, 2.24) is 4.31 Å². The van der Waals surface area contributed by atoms with E-state index in [1.807, 2.05) is 11.9 Å². The van der Waals surface area contributed by atoms with Crippen LogP contribution in [-0.2, 0) is 0 Å². The molecule has 1 heterocycles. The van der Waals surface area contributed by atoms with Gasteiger partial charge in [0.25, 0.3) is 0 Å². The lowest BCUT2D eigenvalue weighted by Gasteiger charge is -2.08. The highest BCUT2D eigenvalue weighted by Gasteiger charge is 2.09. The molecule has 0 aliphatic carbocycles. The van der Waals surface area contributed by atoms with Crippen LogP contribution in [0.25, 0.3) is 0 Å². The van der Waals surface area contributed by atoms with Gasteiger partial charge in [0, 0.05) is 13.1 Å². The second-order valence-electron chi connectivity index (χ2n) is 2.21. The Kier molecular flexibility index (Phi) is 3.15. The van der Waals surface area contributed by atoms with Gasteiger partial charge in [0.2, 0.25) is 0 Å². The summed E-state index contributed by atoms with van der Waals surface area (Å²) in [5.41, 5.74) is 0. The predicted molar refractivity (Wildman–Crippen MR) is 43.2 cm³/mol. The molecule has 9 heavy (non-hydrogen) atoms. The molecule has 1 nitrogen and oxygen atoms in total. The van der Waals surface area contributed by atoms with Crippen LogP contribution in [0.3, 0.4) is 0 Å². The zero-order valence-corrected chi connectivity index (χ0v) is 6.66. The van der Waals surface area contributed by atoms with Crippen LogP contribution < -0.4 is 0 Å². The Labute approximate surface area is 61.3 Å². The summed E-state index contributed by atoms with van der Waals surface area (Å²) >= 11 is 1.84. The van der Waals surface area contributed by atoms with E-state index in [0.29, 0.717) is 0 Å². The molecule has 1 rings (SSSR count). The molecule has 2 heteroatoms. The summed E-state index contributed by atoms with van der Waals surface area (Å²) in [5.74, 6) is 0. The molecule has 0 unspecified atom stereocenters. The maximum Gasteiger partial charge on any atom is 0.00929 e. The third-order valence-electron chi connectivity index (χ3n) is 1.41. The number of hydrogen-bond acceptors (Lipinski definition) is 2. The predicted octanol–water partition coefficient (Wildman–Crippen LogP) is 2.26. The summed E-state index contributed by atoms with van der Waals surface area (Å²) in [6, 6.07) is 0. The Balaban J connectivity index is 2.11. The highest BCUT2D eigenvalue weighted by Crippen LogP contribution is 2.18. The third-order valence-corrected chi connectivity index (χ3v) is 2.47. The van der Waals surface area contributed by atoms with E-state index >= 15 is 0 Å². The fourth-order valence-corrected chi connectivity index (χ4v) is 1.70. The van der Waals surface area contributed by atoms with Gasteiger partial charge >= 0.3 is 0 Å². The van der Waals surface area contributed by atoms with E-state index < -0.39 is 0 Å². The van der Waals surface area contributed by atoms with Crippen molar-refractivity contribution >= 4 is 11.9 Å². The smallest absolute Gasteiger partial charge is 0.00929 e. The van der Waals surface area contributed by atoms with Gasteiger partial charge in [-0.2, -0.15) is 0 Å². The highest BCUT2D eigenvalue weighted by atomic mass is 32.2. The van der Waals surface area contributed by atoms with Crippen LogP contribution in [0.5, 0.6) is 0 Å². The Hall–Kier alpha value is 0.0500. The van der Waals surface area contributed by atoms with Gasteiger partial charge in [0.15, 0.2) is 0 Å². The fraction of sp³-hybridized carbons (Fsp3) is 0.714. The molecule has 0 spiro atoms. The van der Waals surface area contributed by atoms with Crippen molar-refractivity contribution in [2.45, 2.75) is 19.8 Å². The average molecular weight is 143 g/mol. The first-order valence-corrected chi connectivity index (χ1v) is 4.30. The van der Waals surface area contributed by atoms with Crippen LogP contribution in [0.1, 0.15) is 19.8 Å². The molecule has 0 aromatic heterocycles. The zero-order valence-electron chi connectivity index (χ0n) is 5.84. The summed E-state index contributed by atoms with van der Waals surface area (Å²) < 4.78 is 2.40. The second kappa shape index (κ2) is 3.96. The van der Waals surface area contributed by atoms with Crippen molar-refractivity contribution in [3.8, 4) is 0 Å². The Morgan fingerprint density at radius 2 is 2.00 bits per heavy atom. The standard InChI is InChI=1S/C7H13NS/c1-2-7-9-8-5-3-4-6-8/h2,7H,3-6H2,1H3/b7-2+. The summed E-state index contributed by atoms with van der Waals surface area (Å²) in [5, 5.41) is 2.14. The van der Waals surface area contributed by atoms with Crippen molar-refractivity contribution < 1.29 is 0 Å². The number of rotatable bonds is 2. The highest BCUT2D eigenvalue weighted by molar-refractivity contribution is 7.99. The minimum absolute atomic E-state index is 1.27. The summed E-state index contributed by atoms with van der Waals surface area (Å²) in [6.07, 6.45) is 4.85. The van der Waals surface area contributed by atoms with Gasteiger partial charge < -0.3 is 0 Å². The maximum atomic E-state index is 2.40. The first kappa shape index (κ1) is 7.16. The van der Waals surface area contributed by atoms with Gasteiger partial charge in [0.05, 0.1) is 0 Å². The van der Waals surface area contributed by atoms with Crippen LogP contribution in [0.15, 0.2) is 11.5 Å². The van der Waals surface area contributed by atoms with E-state index in [9.17, 15) is 0 Å². The first-order valence-electron chi connectivity index (χ1n) is 3.46. The van der Waals surface area contributed by atoms with Crippen LogP contribution in [-0.4, -0.2) is 17.4 Å². The van der Waals surface area contributed by atoms with Gasteiger partial charge in [-0.1, -0.05) is 18.0 Å². The van der Waals surface area contributed by atoms with E-state index in [1.165, 1.54) is 25.9 Å². The molecule has 0 N–H and O–H groups in total. The monoisotopic (exact) mass is 143 g/mol. The number of allylic oxidation sites excluding steroid dienone is 1. The molecule has 0 aromatic rings. The molecule has 1 fully saturated rings. The minimum Gasteiger partial charge on any atom is -0.247 e. The molecule has 0 radical (unpaired) electrons. The lowest BCUT2D eigenvalue weighted by atomic mass is 10.4. The summed E-state index contributed by atoms with van der Waals surface area (Å²) in [6.45, 7) is 4.60. The molecule has 0 bridgehead atoms. The van der Waals surface area contributed by atoms with Crippen molar-refractivity contribution in [2.24, 2.45) is 0 Å². The molecule has 52 valence electrons. The maximum absolute atomic E-state index is 2.40. The van der Waals surface area contributed by atoms with E-state index in [0.717, 1.165) is 0 Å². The fourth-order valence-electron chi connectivity index (χ4n) is 0.940. The summed E-state index contributed by atoms with van der Waals surface area (Å²) in [4.78, 5) is 0. The molecule has 0 saturated carbocycles. The molecule has 0 atom stereocenters. The summed E-state index contributed by atoms with van der Waals surface area (Å²) in [7, 11) is 0. The lowest BCUT2D eigenvalue weighted by Crippen LogP contribution is -2.06. The topological polar surface area (TPSA) is 3.24 Å². The van der Waals surface area contributed by atoms with E-state index in [2.05, 4.69) is 22.7 Å². The molecule has 1 aliphatic rings. The normalized spacial score (nSPS) is 21.9. The van der Waals surface area contributed by atoms with E-state index in [-0.39, 0.29) is 0 Å². The van der Waals surface area contributed by atoms with Crippen LogP contribution in [0.2, 0.25) is 0 Å². The Morgan fingerprint density at radius 1 is 1.33 bits per heavy atom. The van der Waals surface area contributed by atoms with Crippen LogP contribution in [0.4, 0.5) is 0 Å². The average Bonchev–Trinajstić information content (AvgIpc) is 2.34. The molecule has 1 aliphatic heterocycles. The molecule has 0 aromatic carbocycles.